The molecule has 4 rings (SSSR count). The number of nitrogens with zero attached hydrogens (tertiary/aromatic N) is 2. The maximum Gasteiger partial charge on any atom is 0.313 e. The summed E-state index contributed by atoms with van der Waals surface area (Å²) in [6.45, 7) is 8.36. The molecule has 1 N–H and O–H groups in total. The van der Waals surface area contributed by atoms with E-state index in [1.165, 1.54) is 0 Å². The Hall–Kier alpha value is -2.57. The van der Waals surface area contributed by atoms with Crippen LogP contribution in [0.4, 0.5) is 5.69 Å². The summed E-state index contributed by atoms with van der Waals surface area (Å²) < 4.78 is 11.6. The number of carbonyl (C=O) groups excluding carboxylic acids is 1. The van der Waals surface area contributed by atoms with Gasteiger partial charge in [0.2, 0.25) is 0 Å². The fourth-order valence-corrected chi connectivity index (χ4v) is 4.30. The molecule has 31 heavy (non-hydrogen) atoms. The molecule has 6 nitrogen and oxygen atoms in total. The number of nitrogens with one attached hydrogen (secondary N) is 1. The topological polar surface area (TPSA) is 63.2 Å². The Morgan fingerprint density at radius 3 is 2.87 bits per heavy atom. The minimum Gasteiger partial charge on any atom is -0.466 e. The molecule has 0 spiro atoms. The molecule has 164 valence electrons. The quantitative estimate of drug-likeness (QED) is 0.692. The van der Waals surface area contributed by atoms with E-state index in [9.17, 15) is 4.79 Å². The maximum absolute atomic E-state index is 12.8. The fraction of sp³-hybridized carbons (Fsp3) is 0.417. The third-order valence-electron chi connectivity index (χ3n) is 6.22. The Kier molecular flexibility index (Phi) is 6.21. The summed E-state index contributed by atoms with van der Waals surface area (Å²) in [5, 5.41) is 4.14. The third kappa shape index (κ3) is 4.14. The van der Waals surface area contributed by atoms with E-state index < -0.39 is 5.41 Å². The van der Waals surface area contributed by atoms with Gasteiger partial charge in [-0.25, -0.2) is 4.99 Å². The van der Waals surface area contributed by atoms with Gasteiger partial charge in [0.25, 0.3) is 0 Å². The molecular formula is C24H28ClN3O3. The first-order valence-corrected chi connectivity index (χ1v) is 11.1. The normalized spacial score (nSPS) is 19.8. The van der Waals surface area contributed by atoms with Crippen molar-refractivity contribution in [3.8, 4) is 11.5 Å². The van der Waals surface area contributed by atoms with Gasteiger partial charge >= 0.3 is 5.97 Å². The van der Waals surface area contributed by atoms with Crippen molar-refractivity contribution < 1.29 is 14.3 Å². The number of aliphatic imine (C=N–C) groups is 1. The van der Waals surface area contributed by atoms with E-state index in [0.717, 1.165) is 30.2 Å². The van der Waals surface area contributed by atoms with Crippen LogP contribution in [0.25, 0.3) is 0 Å². The predicted molar refractivity (Wildman–Crippen MR) is 123 cm³/mol. The van der Waals surface area contributed by atoms with Crippen LogP contribution < -0.4 is 10.1 Å². The molecule has 1 fully saturated rings. The minimum atomic E-state index is -0.628. The Bertz CT molecular complexity index is 1010. The second-order valence-electron chi connectivity index (χ2n) is 8.09. The van der Waals surface area contributed by atoms with Gasteiger partial charge in [0.15, 0.2) is 5.75 Å². The lowest BCUT2D eigenvalue weighted by Crippen LogP contribution is -2.60. The van der Waals surface area contributed by atoms with Gasteiger partial charge in [-0.3, -0.25) is 4.79 Å². The number of fused-ring (bicyclic) bond motifs is 2. The number of ether oxygens (including phenoxy) is 2. The van der Waals surface area contributed by atoms with Crippen molar-refractivity contribution in [1.29, 1.82) is 0 Å². The standard InChI is InChI=1S/C24H28ClN3O3/c1-4-24(3,23(29)30-5-2)21-15-28(13-12-26-21)22-17-8-6-7-9-19(17)31-20-11-10-16(25)14-18(20)27-22/h6-11,14,21,26H,4-5,12-13,15H2,1-3H3. The number of amidine groups is 1. The van der Waals surface area contributed by atoms with Crippen LogP contribution in [0.3, 0.4) is 0 Å². The number of esters is 1. The van der Waals surface area contributed by atoms with Crippen molar-refractivity contribution in [3.63, 3.8) is 0 Å². The van der Waals surface area contributed by atoms with Crippen LogP contribution in [0, 0.1) is 5.41 Å². The molecular weight excluding hydrogens is 414 g/mol. The first kappa shape index (κ1) is 21.7. The molecule has 0 saturated carbocycles. The molecule has 2 atom stereocenters. The molecule has 2 aliphatic rings. The maximum atomic E-state index is 12.8. The van der Waals surface area contributed by atoms with Crippen LogP contribution >= 0.6 is 11.6 Å². The SMILES string of the molecule is CCOC(=O)C(C)(CC)C1CN(C2=Nc3cc(Cl)ccc3Oc3ccccc32)CCN1. The molecule has 2 heterocycles. The first-order chi connectivity index (χ1) is 15.0. The zero-order valence-corrected chi connectivity index (χ0v) is 18.9. The van der Waals surface area contributed by atoms with Crippen molar-refractivity contribution in [1.82, 2.24) is 10.2 Å². The minimum absolute atomic E-state index is 0.0665. The van der Waals surface area contributed by atoms with Crippen molar-refractivity contribution in [2.24, 2.45) is 10.4 Å². The molecule has 0 bridgehead atoms. The molecule has 0 aromatic heterocycles. The molecule has 2 unspecified atom stereocenters. The van der Waals surface area contributed by atoms with E-state index in [1.807, 2.05) is 57.2 Å². The highest BCUT2D eigenvalue weighted by Crippen LogP contribution is 2.40. The summed E-state index contributed by atoms with van der Waals surface area (Å²) in [4.78, 5) is 20.0. The first-order valence-electron chi connectivity index (χ1n) is 10.8. The van der Waals surface area contributed by atoms with Crippen LogP contribution in [-0.4, -0.2) is 49.0 Å². The smallest absolute Gasteiger partial charge is 0.313 e. The van der Waals surface area contributed by atoms with Crippen molar-refractivity contribution in [2.45, 2.75) is 33.2 Å². The van der Waals surface area contributed by atoms with E-state index in [-0.39, 0.29) is 12.0 Å². The molecule has 0 radical (unpaired) electrons. The number of carbonyl (C=O) groups is 1. The third-order valence-corrected chi connectivity index (χ3v) is 6.45. The largest absolute Gasteiger partial charge is 0.466 e. The summed E-state index contributed by atoms with van der Waals surface area (Å²) in [7, 11) is 0. The molecule has 2 aliphatic heterocycles. The average Bonchev–Trinajstić information content (AvgIpc) is 2.95. The van der Waals surface area contributed by atoms with E-state index >= 15 is 0 Å². The number of hydrogen-bond donors (Lipinski definition) is 1. The van der Waals surface area contributed by atoms with Gasteiger partial charge in [-0.05, 0) is 50.6 Å². The van der Waals surface area contributed by atoms with Gasteiger partial charge in [-0.15, -0.1) is 0 Å². The predicted octanol–water partition coefficient (Wildman–Crippen LogP) is 4.78. The van der Waals surface area contributed by atoms with Crippen molar-refractivity contribution in [3.05, 3.63) is 53.1 Å². The van der Waals surface area contributed by atoms with Crippen LogP contribution in [0.2, 0.25) is 5.02 Å². The summed E-state index contributed by atoms with van der Waals surface area (Å²) in [5.74, 6) is 2.08. The average molecular weight is 442 g/mol. The number of para-hydroxylation sites is 1. The van der Waals surface area contributed by atoms with E-state index in [1.54, 1.807) is 6.07 Å². The molecule has 2 aromatic rings. The Balaban J connectivity index is 1.72. The van der Waals surface area contributed by atoms with Gasteiger partial charge in [-0.2, -0.15) is 0 Å². The van der Waals surface area contributed by atoms with Gasteiger partial charge in [0, 0.05) is 30.7 Å². The number of rotatable bonds is 4. The summed E-state index contributed by atoms with van der Waals surface area (Å²) in [6.07, 6.45) is 0.682. The van der Waals surface area contributed by atoms with Crippen LogP contribution in [0.1, 0.15) is 32.8 Å². The number of hydrogen-bond acceptors (Lipinski definition) is 6. The summed E-state index contributed by atoms with van der Waals surface area (Å²) in [6, 6.07) is 13.3. The Morgan fingerprint density at radius 1 is 1.29 bits per heavy atom. The van der Waals surface area contributed by atoms with Gasteiger partial charge in [0.1, 0.15) is 17.3 Å². The van der Waals surface area contributed by atoms with Gasteiger partial charge in [-0.1, -0.05) is 30.7 Å². The Labute approximate surface area is 188 Å². The van der Waals surface area contributed by atoms with Gasteiger partial charge < -0.3 is 19.7 Å². The molecule has 0 aliphatic carbocycles. The van der Waals surface area contributed by atoms with E-state index in [2.05, 4.69) is 10.2 Å². The lowest BCUT2D eigenvalue weighted by molar-refractivity contribution is -0.157. The highest BCUT2D eigenvalue weighted by Gasteiger charge is 2.43. The highest BCUT2D eigenvalue weighted by molar-refractivity contribution is 6.31. The van der Waals surface area contributed by atoms with Crippen LogP contribution in [0.15, 0.2) is 47.5 Å². The fourth-order valence-electron chi connectivity index (χ4n) is 4.14. The number of halogens is 1. The van der Waals surface area contributed by atoms with Gasteiger partial charge in [0.05, 0.1) is 17.6 Å². The van der Waals surface area contributed by atoms with Crippen molar-refractivity contribution >= 4 is 29.1 Å². The monoisotopic (exact) mass is 441 g/mol. The van der Waals surface area contributed by atoms with Crippen molar-refractivity contribution in [2.75, 3.05) is 26.2 Å². The number of benzene rings is 2. The molecule has 7 heteroatoms. The number of piperazine rings is 1. The zero-order chi connectivity index (χ0) is 22.0. The second kappa shape index (κ2) is 8.89. The molecule has 0 amide bonds. The summed E-state index contributed by atoms with van der Waals surface area (Å²) in [5.41, 5.74) is 0.985. The molecule has 2 aromatic carbocycles. The van der Waals surface area contributed by atoms with E-state index in [0.29, 0.717) is 36.0 Å². The van der Waals surface area contributed by atoms with Crippen LogP contribution in [-0.2, 0) is 9.53 Å². The van der Waals surface area contributed by atoms with Crippen LogP contribution in [0.5, 0.6) is 11.5 Å². The highest BCUT2D eigenvalue weighted by atomic mass is 35.5. The lowest BCUT2D eigenvalue weighted by Gasteiger charge is -2.43. The molecule has 1 saturated heterocycles. The summed E-state index contributed by atoms with van der Waals surface area (Å²) >= 11 is 6.24. The Morgan fingerprint density at radius 2 is 2.10 bits per heavy atom. The zero-order valence-electron chi connectivity index (χ0n) is 18.2. The second-order valence-corrected chi connectivity index (χ2v) is 8.53. The van der Waals surface area contributed by atoms with E-state index in [4.69, 9.17) is 26.1 Å². The lowest BCUT2D eigenvalue weighted by atomic mass is 9.78.